The number of anilines is 1. The molecule has 5 nitrogen and oxygen atoms in total. The molecule has 0 spiro atoms. The number of rotatable bonds is 6. The normalized spacial score (nSPS) is 10.1. The van der Waals surface area contributed by atoms with Crippen molar-refractivity contribution < 1.29 is 19.7 Å². The van der Waals surface area contributed by atoms with Gasteiger partial charge in [-0.25, -0.2) is 4.79 Å². The van der Waals surface area contributed by atoms with Crippen molar-refractivity contribution in [2.45, 2.75) is 0 Å². The van der Waals surface area contributed by atoms with E-state index in [1.165, 1.54) is 12.1 Å². The summed E-state index contributed by atoms with van der Waals surface area (Å²) in [5.74, 6) is -0.725. The summed E-state index contributed by atoms with van der Waals surface area (Å²) in [6.07, 6.45) is 0. The number of halogens is 1. The summed E-state index contributed by atoms with van der Waals surface area (Å²) in [7, 11) is 0. The van der Waals surface area contributed by atoms with Gasteiger partial charge in [0.05, 0.1) is 0 Å². The molecule has 0 heterocycles. The third kappa shape index (κ3) is 4.29. The first-order valence-electron chi connectivity index (χ1n) is 6.25. The van der Waals surface area contributed by atoms with E-state index in [-0.39, 0.29) is 11.3 Å². The molecule has 0 unspecified atom stereocenters. The zero-order valence-electron chi connectivity index (χ0n) is 11.0. The average molecular weight is 308 g/mol. The summed E-state index contributed by atoms with van der Waals surface area (Å²) >= 11 is 5.77. The molecule has 0 aromatic heterocycles. The number of carboxylic acid groups (broad SMARTS) is 1. The van der Waals surface area contributed by atoms with Gasteiger partial charge in [-0.05, 0) is 42.5 Å². The van der Waals surface area contributed by atoms with Gasteiger partial charge in [0.1, 0.15) is 23.7 Å². The van der Waals surface area contributed by atoms with Gasteiger partial charge < -0.3 is 20.3 Å². The second-order valence-corrected chi connectivity index (χ2v) is 4.70. The molecule has 110 valence electrons. The number of ether oxygens (including phenoxy) is 1. The van der Waals surface area contributed by atoms with Gasteiger partial charge in [-0.1, -0.05) is 11.6 Å². The van der Waals surface area contributed by atoms with Crippen molar-refractivity contribution in [1.82, 2.24) is 0 Å². The highest BCUT2D eigenvalue weighted by Crippen LogP contribution is 2.21. The predicted molar refractivity (Wildman–Crippen MR) is 80.5 cm³/mol. The molecular weight excluding hydrogens is 294 g/mol. The highest BCUT2D eigenvalue weighted by molar-refractivity contribution is 6.30. The van der Waals surface area contributed by atoms with Crippen molar-refractivity contribution in [2.24, 2.45) is 0 Å². The summed E-state index contributed by atoms with van der Waals surface area (Å²) in [6.45, 7) is 0.900. The molecule has 0 aliphatic heterocycles. The third-order valence-corrected chi connectivity index (χ3v) is 2.99. The van der Waals surface area contributed by atoms with Crippen LogP contribution in [0.2, 0.25) is 5.02 Å². The maximum atomic E-state index is 10.9. The molecule has 2 aromatic carbocycles. The first-order valence-corrected chi connectivity index (χ1v) is 6.62. The minimum atomic E-state index is -1.17. The Balaban J connectivity index is 1.85. The van der Waals surface area contributed by atoms with Crippen LogP contribution in [0.1, 0.15) is 10.4 Å². The van der Waals surface area contributed by atoms with Crippen LogP contribution in [-0.4, -0.2) is 29.3 Å². The maximum Gasteiger partial charge on any atom is 0.339 e. The summed E-state index contributed by atoms with van der Waals surface area (Å²) in [4.78, 5) is 10.9. The molecule has 0 amide bonds. The second-order valence-electron chi connectivity index (χ2n) is 4.27. The van der Waals surface area contributed by atoms with Gasteiger partial charge in [-0.3, -0.25) is 0 Å². The largest absolute Gasteiger partial charge is 0.507 e. The number of nitrogens with one attached hydrogen (secondary N) is 1. The van der Waals surface area contributed by atoms with Crippen molar-refractivity contribution in [2.75, 3.05) is 18.5 Å². The number of hydrogen-bond donors (Lipinski definition) is 3. The van der Waals surface area contributed by atoms with Crippen molar-refractivity contribution in [3.63, 3.8) is 0 Å². The number of aromatic carboxylic acids is 1. The van der Waals surface area contributed by atoms with E-state index < -0.39 is 5.97 Å². The number of carboxylic acids is 1. The minimum Gasteiger partial charge on any atom is -0.507 e. The first-order chi connectivity index (χ1) is 10.1. The molecule has 0 bridgehead atoms. The van der Waals surface area contributed by atoms with Gasteiger partial charge in [0.15, 0.2) is 0 Å². The number of hydrogen-bond acceptors (Lipinski definition) is 4. The Labute approximate surface area is 126 Å². The Morgan fingerprint density at radius 3 is 2.57 bits per heavy atom. The quantitative estimate of drug-likeness (QED) is 0.564. The van der Waals surface area contributed by atoms with E-state index in [4.69, 9.17) is 21.4 Å². The molecule has 0 saturated heterocycles. The van der Waals surface area contributed by atoms with Gasteiger partial charge in [-0.2, -0.15) is 0 Å². The summed E-state index contributed by atoms with van der Waals surface area (Å²) < 4.78 is 5.50. The fraction of sp³-hybridized carbons (Fsp3) is 0.133. The van der Waals surface area contributed by atoms with Crippen molar-refractivity contribution in [1.29, 1.82) is 0 Å². The molecule has 0 radical (unpaired) electrons. The fourth-order valence-corrected chi connectivity index (χ4v) is 1.84. The molecule has 2 aromatic rings. The Kier molecular flexibility index (Phi) is 4.90. The van der Waals surface area contributed by atoms with Crippen LogP contribution in [0.4, 0.5) is 5.69 Å². The van der Waals surface area contributed by atoms with E-state index in [9.17, 15) is 9.90 Å². The molecular formula is C15H14ClNO4. The molecule has 3 N–H and O–H groups in total. The molecule has 21 heavy (non-hydrogen) atoms. The standard InChI is InChI=1S/C15H14ClNO4/c16-10-1-4-12(5-2-10)21-8-7-17-11-3-6-14(18)13(9-11)15(19)20/h1-6,9,17-18H,7-8H2,(H,19,20). The predicted octanol–water partition coefficient (Wildman–Crippen LogP) is 3.23. The molecule has 0 aliphatic carbocycles. The number of aromatic hydroxyl groups is 1. The number of carbonyl (C=O) groups is 1. The first kappa shape index (κ1) is 15.0. The summed E-state index contributed by atoms with van der Waals surface area (Å²) in [6, 6.07) is 11.3. The molecule has 0 fully saturated rings. The highest BCUT2D eigenvalue weighted by Gasteiger charge is 2.09. The Morgan fingerprint density at radius 2 is 1.90 bits per heavy atom. The molecule has 0 saturated carbocycles. The molecule has 0 atom stereocenters. The van der Waals surface area contributed by atoms with Crippen LogP contribution in [0.15, 0.2) is 42.5 Å². The van der Waals surface area contributed by atoms with E-state index in [0.29, 0.717) is 29.6 Å². The Hall–Kier alpha value is -2.40. The lowest BCUT2D eigenvalue weighted by molar-refractivity contribution is 0.0694. The van der Waals surface area contributed by atoms with Gasteiger partial charge in [0.25, 0.3) is 0 Å². The van der Waals surface area contributed by atoms with E-state index >= 15 is 0 Å². The van der Waals surface area contributed by atoms with E-state index in [1.807, 2.05) is 0 Å². The van der Waals surface area contributed by atoms with Gasteiger partial charge >= 0.3 is 5.97 Å². The molecule has 2 rings (SSSR count). The topological polar surface area (TPSA) is 78.8 Å². The lowest BCUT2D eigenvalue weighted by atomic mass is 10.2. The van der Waals surface area contributed by atoms with Crippen molar-refractivity contribution in [3.05, 3.63) is 53.1 Å². The second kappa shape index (κ2) is 6.85. The maximum absolute atomic E-state index is 10.9. The van der Waals surface area contributed by atoms with Gasteiger partial charge in [-0.15, -0.1) is 0 Å². The summed E-state index contributed by atoms with van der Waals surface area (Å²) in [5.41, 5.74) is 0.462. The lowest BCUT2D eigenvalue weighted by Gasteiger charge is -2.09. The van der Waals surface area contributed by atoms with E-state index in [1.54, 1.807) is 30.3 Å². The van der Waals surface area contributed by atoms with Gasteiger partial charge in [0.2, 0.25) is 0 Å². The zero-order valence-corrected chi connectivity index (χ0v) is 11.8. The van der Waals surface area contributed by atoms with Gasteiger partial charge in [0, 0.05) is 17.3 Å². The third-order valence-electron chi connectivity index (χ3n) is 2.74. The molecule has 0 aliphatic rings. The summed E-state index contributed by atoms with van der Waals surface area (Å²) in [5, 5.41) is 22.0. The van der Waals surface area contributed by atoms with Crippen LogP contribution < -0.4 is 10.1 Å². The van der Waals surface area contributed by atoms with Crippen molar-refractivity contribution in [3.8, 4) is 11.5 Å². The highest BCUT2D eigenvalue weighted by atomic mass is 35.5. The van der Waals surface area contributed by atoms with Crippen molar-refractivity contribution >= 4 is 23.3 Å². The van der Waals surface area contributed by atoms with Crippen LogP contribution in [0.25, 0.3) is 0 Å². The minimum absolute atomic E-state index is 0.140. The van der Waals surface area contributed by atoms with E-state index in [2.05, 4.69) is 5.32 Å². The van der Waals surface area contributed by atoms with E-state index in [0.717, 1.165) is 0 Å². The monoisotopic (exact) mass is 307 g/mol. The SMILES string of the molecule is O=C(O)c1cc(NCCOc2ccc(Cl)cc2)ccc1O. The molecule has 6 heteroatoms. The smallest absolute Gasteiger partial charge is 0.339 e. The zero-order chi connectivity index (χ0) is 15.2. The van der Waals surface area contributed by atoms with Crippen LogP contribution in [0, 0.1) is 0 Å². The fourth-order valence-electron chi connectivity index (χ4n) is 1.71. The Bertz CT molecular complexity index is 628. The van der Waals surface area contributed by atoms with Crippen LogP contribution in [0.5, 0.6) is 11.5 Å². The number of benzene rings is 2. The van der Waals surface area contributed by atoms with Crippen LogP contribution in [0.3, 0.4) is 0 Å². The van der Waals surface area contributed by atoms with Crippen LogP contribution in [-0.2, 0) is 0 Å². The number of phenols is 1. The lowest BCUT2D eigenvalue weighted by Crippen LogP contribution is -2.11. The Morgan fingerprint density at radius 1 is 1.19 bits per heavy atom. The van der Waals surface area contributed by atoms with Crippen LogP contribution >= 0.6 is 11.6 Å². The average Bonchev–Trinajstić information content (AvgIpc) is 2.46.